The van der Waals surface area contributed by atoms with E-state index >= 15 is 0 Å². The highest BCUT2D eigenvalue weighted by molar-refractivity contribution is 5.96. The number of nitrogens with one attached hydrogen (secondary N) is 1. The van der Waals surface area contributed by atoms with Crippen LogP contribution in [0.1, 0.15) is 34.9 Å². The van der Waals surface area contributed by atoms with Crippen molar-refractivity contribution in [3.05, 3.63) is 82.0 Å². The summed E-state index contributed by atoms with van der Waals surface area (Å²) in [4.78, 5) is 29.6. The first-order valence-electron chi connectivity index (χ1n) is 8.32. The molecule has 1 N–H and O–H groups in total. The maximum absolute atomic E-state index is 13.5. The van der Waals surface area contributed by atoms with Crippen molar-refractivity contribution >= 4 is 16.7 Å². The second-order valence-electron chi connectivity index (χ2n) is 6.31. The van der Waals surface area contributed by atoms with Crippen molar-refractivity contribution in [2.45, 2.75) is 18.9 Å². The van der Waals surface area contributed by atoms with Crippen LogP contribution in [0.4, 0.5) is 4.39 Å². The number of aromatic amines is 1. The van der Waals surface area contributed by atoms with Crippen molar-refractivity contribution < 1.29 is 9.18 Å². The van der Waals surface area contributed by atoms with Gasteiger partial charge < -0.3 is 9.88 Å². The molecule has 3 aromatic rings. The lowest BCUT2D eigenvalue weighted by atomic mass is 10.0. The number of benzene rings is 2. The number of likely N-dealkylation sites (tertiary alicyclic amines) is 1. The third-order valence-electron chi connectivity index (χ3n) is 4.73. The summed E-state index contributed by atoms with van der Waals surface area (Å²) in [6.07, 6.45) is 1.64. The lowest BCUT2D eigenvalue weighted by Crippen LogP contribution is -2.32. The number of rotatable bonds is 2. The van der Waals surface area contributed by atoms with Crippen LogP contribution >= 0.6 is 0 Å². The highest BCUT2D eigenvalue weighted by Gasteiger charge is 2.31. The van der Waals surface area contributed by atoms with Gasteiger partial charge in [-0.05, 0) is 48.1 Å². The van der Waals surface area contributed by atoms with Gasteiger partial charge in [-0.2, -0.15) is 0 Å². The molecule has 0 radical (unpaired) electrons. The average Bonchev–Trinajstić information content (AvgIpc) is 3.11. The molecule has 0 unspecified atom stereocenters. The maximum atomic E-state index is 13.5. The summed E-state index contributed by atoms with van der Waals surface area (Å²) in [5, 5.41) is 1.29. The van der Waals surface area contributed by atoms with E-state index in [2.05, 4.69) is 4.98 Å². The highest BCUT2D eigenvalue weighted by Crippen LogP contribution is 2.33. The molecule has 0 spiro atoms. The summed E-state index contributed by atoms with van der Waals surface area (Å²) in [6.45, 7) is 0.592. The molecule has 126 valence electrons. The zero-order chi connectivity index (χ0) is 17.4. The van der Waals surface area contributed by atoms with Crippen LogP contribution in [0.15, 0.2) is 59.4 Å². The first-order valence-corrected chi connectivity index (χ1v) is 8.32. The number of aromatic nitrogens is 1. The second kappa shape index (κ2) is 6.16. The summed E-state index contributed by atoms with van der Waals surface area (Å²) in [6, 6.07) is 15.1. The van der Waals surface area contributed by atoms with Crippen molar-refractivity contribution in [2.75, 3.05) is 6.54 Å². The van der Waals surface area contributed by atoms with Crippen molar-refractivity contribution in [1.82, 2.24) is 9.88 Å². The van der Waals surface area contributed by atoms with Crippen LogP contribution in [-0.4, -0.2) is 22.3 Å². The van der Waals surface area contributed by atoms with Gasteiger partial charge in [-0.1, -0.05) is 30.3 Å². The number of H-pyrrole nitrogens is 1. The summed E-state index contributed by atoms with van der Waals surface area (Å²) in [5.74, 6) is -0.537. The molecule has 25 heavy (non-hydrogen) atoms. The molecule has 4 rings (SSSR count). The molecular formula is C20H17FN2O2. The molecule has 0 bridgehead atoms. The molecule has 2 aromatic carbocycles. The lowest BCUT2D eigenvalue weighted by Gasteiger charge is -2.25. The molecule has 2 heterocycles. The van der Waals surface area contributed by atoms with Gasteiger partial charge in [0.2, 0.25) is 0 Å². The van der Waals surface area contributed by atoms with E-state index in [4.69, 9.17) is 0 Å². The molecule has 0 aliphatic carbocycles. The Morgan fingerprint density at radius 2 is 1.96 bits per heavy atom. The van der Waals surface area contributed by atoms with Gasteiger partial charge in [-0.3, -0.25) is 9.59 Å². The highest BCUT2D eigenvalue weighted by atomic mass is 19.1. The first-order chi connectivity index (χ1) is 12.1. The van der Waals surface area contributed by atoms with Crippen molar-refractivity contribution in [3.8, 4) is 0 Å². The lowest BCUT2D eigenvalue weighted by molar-refractivity contribution is 0.0729. The maximum Gasteiger partial charge on any atom is 0.270 e. The number of pyridine rings is 1. The van der Waals surface area contributed by atoms with Gasteiger partial charge >= 0.3 is 0 Å². The zero-order valence-corrected chi connectivity index (χ0v) is 13.5. The van der Waals surface area contributed by atoms with E-state index in [1.807, 2.05) is 18.2 Å². The number of halogens is 1. The smallest absolute Gasteiger partial charge is 0.270 e. The molecule has 0 saturated carbocycles. The minimum atomic E-state index is -0.309. The third kappa shape index (κ3) is 2.82. The summed E-state index contributed by atoms with van der Waals surface area (Å²) >= 11 is 0. The molecule has 1 fully saturated rings. The van der Waals surface area contributed by atoms with Crippen LogP contribution in [0.3, 0.4) is 0 Å². The molecule has 5 heteroatoms. The summed E-state index contributed by atoms with van der Waals surface area (Å²) in [5.41, 5.74) is 0.781. The zero-order valence-electron chi connectivity index (χ0n) is 13.5. The van der Waals surface area contributed by atoms with Gasteiger partial charge in [-0.15, -0.1) is 0 Å². The van der Waals surface area contributed by atoms with Gasteiger partial charge in [0, 0.05) is 11.9 Å². The predicted molar refractivity (Wildman–Crippen MR) is 94.0 cm³/mol. The fraction of sp³-hybridized carbons (Fsp3) is 0.200. The van der Waals surface area contributed by atoms with E-state index < -0.39 is 0 Å². The van der Waals surface area contributed by atoms with Crippen LogP contribution in [0.2, 0.25) is 0 Å². The second-order valence-corrected chi connectivity index (χ2v) is 6.31. The number of carbonyl (C=O) groups excluding carboxylic acids is 1. The predicted octanol–water partition coefficient (Wildman–Crippen LogP) is 3.64. The van der Waals surface area contributed by atoms with Crippen molar-refractivity contribution in [2.24, 2.45) is 0 Å². The quantitative estimate of drug-likeness (QED) is 0.777. The van der Waals surface area contributed by atoms with E-state index in [-0.39, 0.29) is 29.0 Å². The van der Waals surface area contributed by atoms with Crippen molar-refractivity contribution in [1.29, 1.82) is 0 Å². The van der Waals surface area contributed by atoms with E-state index in [1.54, 1.807) is 29.2 Å². The Hall–Kier alpha value is -2.95. The summed E-state index contributed by atoms with van der Waals surface area (Å²) in [7, 11) is 0. The molecule has 1 aromatic heterocycles. The minimum Gasteiger partial charge on any atom is -0.330 e. The Morgan fingerprint density at radius 1 is 1.12 bits per heavy atom. The molecule has 1 saturated heterocycles. The van der Waals surface area contributed by atoms with Gasteiger partial charge in [0.1, 0.15) is 11.5 Å². The summed E-state index contributed by atoms with van der Waals surface area (Å²) < 4.78 is 13.5. The van der Waals surface area contributed by atoms with Crippen LogP contribution in [0.25, 0.3) is 10.8 Å². The molecule has 1 amide bonds. The largest absolute Gasteiger partial charge is 0.330 e. The van der Waals surface area contributed by atoms with Gasteiger partial charge in [0.05, 0.1) is 6.04 Å². The van der Waals surface area contributed by atoms with Crippen LogP contribution in [-0.2, 0) is 0 Å². The number of hydrogen-bond acceptors (Lipinski definition) is 2. The molecule has 1 aliphatic rings. The number of amides is 1. The topological polar surface area (TPSA) is 53.2 Å². The fourth-order valence-electron chi connectivity index (χ4n) is 3.55. The minimum absolute atomic E-state index is 0.168. The Balaban J connectivity index is 1.71. The van der Waals surface area contributed by atoms with E-state index in [1.165, 1.54) is 12.1 Å². The van der Waals surface area contributed by atoms with E-state index in [0.717, 1.165) is 23.8 Å². The van der Waals surface area contributed by atoms with Crippen molar-refractivity contribution in [3.63, 3.8) is 0 Å². The average molecular weight is 336 g/mol. The van der Waals surface area contributed by atoms with Gasteiger partial charge in [0.15, 0.2) is 0 Å². The Kier molecular flexibility index (Phi) is 3.84. The molecule has 1 atom stereocenters. The number of hydrogen-bond donors (Lipinski definition) is 1. The number of carbonyl (C=O) groups is 1. The Bertz CT molecular complexity index is 1010. The Labute approximate surface area is 143 Å². The molecular weight excluding hydrogens is 319 g/mol. The van der Waals surface area contributed by atoms with Crippen LogP contribution in [0.5, 0.6) is 0 Å². The van der Waals surface area contributed by atoms with Crippen LogP contribution < -0.4 is 5.56 Å². The number of nitrogens with zero attached hydrogens (tertiary/aromatic N) is 1. The van der Waals surface area contributed by atoms with Gasteiger partial charge in [-0.25, -0.2) is 4.39 Å². The van der Waals surface area contributed by atoms with Gasteiger partial charge in [0.25, 0.3) is 11.5 Å². The Morgan fingerprint density at radius 3 is 2.80 bits per heavy atom. The molecule has 1 aliphatic heterocycles. The SMILES string of the molecule is O=C(c1cc2ccccc2c(=O)[nH]1)N1CCC[C@H]1c1cccc(F)c1. The standard InChI is InChI=1S/C20H17FN2O2/c21-15-7-3-6-14(11-15)18-9-4-10-23(18)20(25)17-12-13-5-1-2-8-16(13)19(24)22-17/h1-3,5-8,11-12,18H,4,9-10H2,(H,22,24)/t18-/m0/s1. The normalized spacial score (nSPS) is 17.2. The third-order valence-corrected chi connectivity index (χ3v) is 4.73. The number of fused-ring (bicyclic) bond motifs is 1. The van der Waals surface area contributed by atoms with Crippen LogP contribution in [0, 0.1) is 5.82 Å². The van der Waals surface area contributed by atoms with E-state index in [9.17, 15) is 14.0 Å². The molecule has 4 nitrogen and oxygen atoms in total. The fourth-order valence-corrected chi connectivity index (χ4v) is 3.55. The monoisotopic (exact) mass is 336 g/mol. The first kappa shape index (κ1) is 15.6. The van der Waals surface area contributed by atoms with E-state index in [0.29, 0.717) is 11.9 Å².